The highest BCUT2D eigenvalue weighted by molar-refractivity contribution is 7.47. The van der Waals surface area contributed by atoms with Crippen LogP contribution in [0.1, 0.15) is 389 Å². The van der Waals surface area contributed by atoms with E-state index < -0.39 is 97.5 Å². The lowest BCUT2D eigenvalue weighted by atomic mass is 9.99. The second-order valence-corrected chi connectivity index (χ2v) is 32.1. The number of esters is 4. The highest BCUT2D eigenvalue weighted by Gasteiger charge is 2.30. The van der Waals surface area contributed by atoms with Gasteiger partial charge in [0.15, 0.2) is 12.2 Å². The number of aliphatic hydroxyl groups excluding tert-OH is 1. The van der Waals surface area contributed by atoms with Crippen molar-refractivity contribution in [1.29, 1.82) is 0 Å². The third kappa shape index (κ3) is 67.9. The van der Waals surface area contributed by atoms with Gasteiger partial charge < -0.3 is 33.8 Å². The lowest BCUT2D eigenvalue weighted by Crippen LogP contribution is -2.30. The van der Waals surface area contributed by atoms with Crippen molar-refractivity contribution < 1.29 is 80.2 Å². The van der Waals surface area contributed by atoms with E-state index >= 15 is 0 Å². The van der Waals surface area contributed by atoms with Crippen LogP contribution in [0, 0.1) is 23.7 Å². The summed E-state index contributed by atoms with van der Waals surface area (Å²) in [4.78, 5) is 72.8. The molecule has 0 radical (unpaired) electrons. The fourth-order valence-corrected chi connectivity index (χ4v) is 13.2. The third-order valence-electron chi connectivity index (χ3n) is 18.5. The van der Waals surface area contributed by atoms with Gasteiger partial charge in [0.2, 0.25) is 0 Å². The van der Waals surface area contributed by atoms with Crippen LogP contribution in [-0.2, 0) is 65.4 Å². The Bertz CT molecular complexity index is 1890. The van der Waals surface area contributed by atoms with Crippen LogP contribution in [0.4, 0.5) is 0 Å². The van der Waals surface area contributed by atoms with Crippen molar-refractivity contribution in [2.45, 2.75) is 408 Å². The second kappa shape index (κ2) is 66.3. The van der Waals surface area contributed by atoms with Crippen molar-refractivity contribution in [3.63, 3.8) is 0 Å². The predicted octanol–water partition coefficient (Wildman–Crippen LogP) is 22.4. The van der Waals surface area contributed by atoms with Crippen LogP contribution in [0.15, 0.2) is 0 Å². The van der Waals surface area contributed by atoms with Gasteiger partial charge in [-0.1, -0.05) is 338 Å². The molecule has 570 valence electrons. The number of phosphoric ester groups is 2. The number of unbranched alkanes of at least 4 members (excludes halogenated alkanes) is 38. The highest BCUT2D eigenvalue weighted by atomic mass is 31.2. The average Bonchev–Trinajstić information content (AvgIpc) is 1.15. The summed E-state index contributed by atoms with van der Waals surface area (Å²) in [5.74, 6) is 0.957. The molecule has 19 heteroatoms. The van der Waals surface area contributed by atoms with Gasteiger partial charge in [-0.3, -0.25) is 37.3 Å². The third-order valence-corrected chi connectivity index (χ3v) is 20.4. The molecule has 0 saturated heterocycles. The summed E-state index contributed by atoms with van der Waals surface area (Å²) >= 11 is 0. The number of hydrogen-bond donors (Lipinski definition) is 3. The van der Waals surface area contributed by atoms with Crippen molar-refractivity contribution in [3.8, 4) is 0 Å². The average molecular weight is 1410 g/mol. The summed E-state index contributed by atoms with van der Waals surface area (Å²) in [7, 11) is -9.91. The molecule has 17 nitrogen and oxygen atoms in total. The van der Waals surface area contributed by atoms with Crippen LogP contribution in [0.3, 0.4) is 0 Å². The molecular formula is C77H150O17P2. The molecule has 5 unspecified atom stereocenters. The summed E-state index contributed by atoms with van der Waals surface area (Å²) in [6.07, 6.45) is 51.6. The molecule has 0 aromatic carbocycles. The molecule has 0 fully saturated rings. The maximum atomic E-state index is 13.1. The van der Waals surface area contributed by atoms with Crippen LogP contribution in [0.5, 0.6) is 0 Å². The van der Waals surface area contributed by atoms with Crippen molar-refractivity contribution in [2.75, 3.05) is 39.6 Å². The van der Waals surface area contributed by atoms with Crippen LogP contribution in [0.25, 0.3) is 0 Å². The van der Waals surface area contributed by atoms with E-state index in [1.165, 1.54) is 186 Å². The first kappa shape index (κ1) is 94.1. The van der Waals surface area contributed by atoms with Crippen LogP contribution in [0.2, 0.25) is 0 Å². The molecule has 0 aliphatic carbocycles. The van der Waals surface area contributed by atoms with Crippen LogP contribution < -0.4 is 0 Å². The van der Waals surface area contributed by atoms with E-state index in [-0.39, 0.29) is 25.7 Å². The smallest absolute Gasteiger partial charge is 0.462 e. The fraction of sp³-hybridized carbons (Fsp3) is 0.948. The minimum absolute atomic E-state index is 0.103. The molecule has 0 spiro atoms. The van der Waals surface area contributed by atoms with E-state index in [9.17, 15) is 43.2 Å². The molecular weight excluding hydrogens is 1260 g/mol. The molecule has 0 bridgehead atoms. The van der Waals surface area contributed by atoms with E-state index in [1.54, 1.807) is 0 Å². The van der Waals surface area contributed by atoms with Gasteiger partial charge >= 0.3 is 39.5 Å². The van der Waals surface area contributed by atoms with E-state index in [1.807, 2.05) is 0 Å². The van der Waals surface area contributed by atoms with E-state index in [0.29, 0.717) is 37.5 Å². The van der Waals surface area contributed by atoms with Gasteiger partial charge in [-0.15, -0.1) is 0 Å². The first-order chi connectivity index (χ1) is 46.2. The maximum Gasteiger partial charge on any atom is 0.472 e. The standard InChI is InChI=1S/C77H150O17P2/c1-9-69(7)55-47-39-31-23-19-17-15-13-11-12-14-16-18-20-26-34-43-51-59-76(81)93-72(64-88-75(80)58-50-42-35-27-29-37-45-53-67(3)4)65-91-95(83,84)89-61-71(78)62-90-96(85,86)92-66-73(94-77(82)60-52-44-36-28-30-38-46-54-68(5)6)63-87-74(79)57-49-41-33-25-22-21-24-32-40-48-56-70(8)10-2/h67-73,78H,9-66H2,1-8H3,(H,83,84)(H,85,86)/t69?,70?,71?,72-,73-/m1/s1. The largest absolute Gasteiger partial charge is 0.472 e. The molecule has 0 rings (SSSR count). The number of phosphoric acid groups is 2. The number of rotatable bonds is 74. The number of carbonyl (C=O) groups is 4. The summed E-state index contributed by atoms with van der Waals surface area (Å²) in [5, 5.41) is 10.6. The Morgan fingerprint density at radius 2 is 0.500 bits per heavy atom. The minimum atomic E-state index is -4.96. The van der Waals surface area contributed by atoms with Crippen LogP contribution >= 0.6 is 15.6 Å². The zero-order chi connectivity index (χ0) is 71.0. The highest BCUT2D eigenvalue weighted by Crippen LogP contribution is 2.45. The van der Waals surface area contributed by atoms with Crippen molar-refractivity contribution in [3.05, 3.63) is 0 Å². The molecule has 0 aliphatic heterocycles. The molecule has 0 aromatic heterocycles. The Morgan fingerprint density at radius 3 is 0.740 bits per heavy atom. The minimum Gasteiger partial charge on any atom is -0.462 e. The SMILES string of the molecule is CCC(C)CCCCCCCCCCCCCCCCCCCCC(=O)O[C@H](COC(=O)CCCCCCCCCC(C)C)COP(=O)(O)OCC(O)COP(=O)(O)OC[C@@H](COC(=O)CCCCCCCCCCCCC(C)CC)OC(=O)CCCCCCCCCC(C)C. The Labute approximate surface area is 588 Å². The monoisotopic (exact) mass is 1410 g/mol. The Morgan fingerprint density at radius 1 is 0.292 bits per heavy atom. The van der Waals surface area contributed by atoms with E-state index in [4.69, 9.17) is 37.0 Å². The molecule has 0 aliphatic rings. The zero-order valence-corrected chi connectivity index (χ0v) is 64.8. The summed E-state index contributed by atoms with van der Waals surface area (Å²) in [6, 6.07) is 0. The first-order valence-electron chi connectivity index (χ1n) is 39.8. The summed E-state index contributed by atoms with van der Waals surface area (Å²) < 4.78 is 68.5. The predicted molar refractivity (Wildman–Crippen MR) is 391 cm³/mol. The fourth-order valence-electron chi connectivity index (χ4n) is 11.7. The van der Waals surface area contributed by atoms with E-state index in [0.717, 1.165) is 108 Å². The Kier molecular flexibility index (Phi) is 65.0. The van der Waals surface area contributed by atoms with E-state index in [2.05, 4.69) is 55.4 Å². The zero-order valence-electron chi connectivity index (χ0n) is 63.0. The van der Waals surface area contributed by atoms with Gasteiger partial charge in [0.1, 0.15) is 19.3 Å². The second-order valence-electron chi connectivity index (χ2n) is 29.2. The van der Waals surface area contributed by atoms with Gasteiger partial charge in [0.05, 0.1) is 26.4 Å². The van der Waals surface area contributed by atoms with Crippen molar-refractivity contribution >= 4 is 39.5 Å². The lowest BCUT2D eigenvalue weighted by Gasteiger charge is -2.21. The number of carbonyl (C=O) groups excluding carboxylic acids is 4. The maximum absolute atomic E-state index is 13.1. The first-order valence-corrected chi connectivity index (χ1v) is 42.8. The Balaban J connectivity index is 5.16. The molecule has 0 saturated carbocycles. The number of hydrogen-bond acceptors (Lipinski definition) is 15. The number of aliphatic hydroxyl groups is 1. The Hall–Kier alpha value is -1.94. The van der Waals surface area contributed by atoms with Crippen molar-refractivity contribution in [2.24, 2.45) is 23.7 Å². The molecule has 7 atom stereocenters. The lowest BCUT2D eigenvalue weighted by molar-refractivity contribution is -0.161. The van der Waals surface area contributed by atoms with Crippen LogP contribution in [-0.4, -0.2) is 96.7 Å². The van der Waals surface area contributed by atoms with Crippen molar-refractivity contribution in [1.82, 2.24) is 0 Å². The molecule has 0 aromatic rings. The summed E-state index contributed by atoms with van der Waals surface area (Å²) in [6.45, 7) is 14.2. The topological polar surface area (TPSA) is 237 Å². The normalized spacial score (nSPS) is 14.7. The summed E-state index contributed by atoms with van der Waals surface area (Å²) in [5.41, 5.74) is 0. The van der Waals surface area contributed by atoms with Gasteiger partial charge in [0.25, 0.3) is 0 Å². The van der Waals surface area contributed by atoms with Gasteiger partial charge in [-0.25, -0.2) is 9.13 Å². The van der Waals surface area contributed by atoms with Gasteiger partial charge in [0, 0.05) is 25.7 Å². The quantitative estimate of drug-likeness (QED) is 0.0222. The molecule has 0 heterocycles. The molecule has 96 heavy (non-hydrogen) atoms. The molecule has 3 N–H and O–H groups in total. The molecule has 0 amide bonds. The van der Waals surface area contributed by atoms with Gasteiger partial charge in [-0.2, -0.15) is 0 Å². The van der Waals surface area contributed by atoms with Gasteiger partial charge in [-0.05, 0) is 49.4 Å². The number of ether oxygens (including phenoxy) is 4.